The first-order valence-electron chi connectivity index (χ1n) is 5.68. The van der Waals surface area contributed by atoms with Crippen molar-refractivity contribution in [2.75, 3.05) is 24.3 Å². The van der Waals surface area contributed by atoms with Crippen molar-refractivity contribution >= 4 is 22.7 Å². The van der Waals surface area contributed by atoms with Crippen LogP contribution in [0.25, 0.3) is 0 Å². The monoisotopic (exact) mass is 257 g/mol. The first-order valence-corrected chi connectivity index (χ1v) is 6.56. The van der Waals surface area contributed by atoms with Crippen LogP contribution in [-0.2, 0) is 6.54 Å². The van der Waals surface area contributed by atoms with E-state index in [9.17, 15) is 0 Å². The second-order valence-electron chi connectivity index (χ2n) is 4.18. The van der Waals surface area contributed by atoms with E-state index in [-0.39, 0.29) is 0 Å². The van der Waals surface area contributed by atoms with Gasteiger partial charge in [-0.05, 0) is 18.2 Å². The standard InChI is InChI=1S/C14H15N3S/c1-17(2)14-6-4-3-5-13(14)16-9-12-7-11(8-15)10-18-12/h3-7,10,16H,9H2,1-2H3. The van der Waals surface area contributed by atoms with Crippen molar-refractivity contribution in [3.8, 4) is 6.07 Å². The van der Waals surface area contributed by atoms with Crippen LogP contribution in [0.5, 0.6) is 0 Å². The van der Waals surface area contributed by atoms with Gasteiger partial charge in [-0.25, -0.2) is 0 Å². The van der Waals surface area contributed by atoms with E-state index in [0.717, 1.165) is 23.5 Å². The first kappa shape index (κ1) is 12.5. The number of anilines is 2. The summed E-state index contributed by atoms with van der Waals surface area (Å²) in [5, 5.41) is 14.1. The van der Waals surface area contributed by atoms with Crippen molar-refractivity contribution in [1.29, 1.82) is 5.26 Å². The fourth-order valence-corrected chi connectivity index (χ4v) is 2.48. The molecular weight excluding hydrogens is 242 g/mol. The highest BCUT2D eigenvalue weighted by molar-refractivity contribution is 7.10. The number of nitriles is 1. The lowest BCUT2D eigenvalue weighted by atomic mass is 10.2. The first-order chi connectivity index (χ1) is 8.70. The number of nitrogens with zero attached hydrogens (tertiary/aromatic N) is 2. The van der Waals surface area contributed by atoms with E-state index in [1.807, 2.05) is 37.7 Å². The summed E-state index contributed by atoms with van der Waals surface area (Å²) in [6, 6.07) is 12.3. The van der Waals surface area contributed by atoms with E-state index in [1.165, 1.54) is 4.88 Å². The van der Waals surface area contributed by atoms with E-state index >= 15 is 0 Å². The average molecular weight is 257 g/mol. The number of nitrogens with one attached hydrogen (secondary N) is 1. The third-order valence-electron chi connectivity index (χ3n) is 2.62. The van der Waals surface area contributed by atoms with Gasteiger partial charge in [0.1, 0.15) is 6.07 Å². The van der Waals surface area contributed by atoms with Gasteiger partial charge in [0.15, 0.2) is 0 Å². The molecule has 0 aliphatic heterocycles. The van der Waals surface area contributed by atoms with Gasteiger partial charge in [0, 0.05) is 30.9 Å². The smallest absolute Gasteiger partial charge is 0.100 e. The second-order valence-corrected chi connectivity index (χ2v) is 5.17. The normalized spacial score (nSPS) is 9.83. The fourth-order valence-electron chi connectivity index (χ4n) is 1.73. The van der Waals surface area contributed by atoms with E-state index in [2.05, 4.69) is 28.4 Å². The molecule has 0 amide bonds. The Morgan fingerprint density at radius 2 is 2.11 bits per heavy atom. The van der Waals surface area contributed by atoms with Gasteiger partial charge >= 0.3 is 0 Å². The number of benzene rings is 1. The second kappa shape index (κ2) is 5.56. The molecule has 1 aromatic carbocycles. The quantitative estimate of drug-likeness (QED) is 0.913. The molecule has 0 fully saturated rings. The average Bonchev–Trinajstić information content (AvgIpc) is 2.84. The molecule has 0 saturated carbocycles. The summed E-state index contributed by atoms with van der Waals surface area (Å²) >= 11 is 1.61. The van der Waals surface area contributed by atoms with Crippen molar-refractivity contribution in [3.63, 3.8) is 0 Å². The molecule has 0 atom stereocenters. The summed E-state index contributed by atoms with van der Waals surface area (Å²) in [5.41, 5.74) is 3.00. The Balaban J connectivity index is 2.08. The predicted molar refractivity (Wildman–Crippen MR) is 77.1 cm³/mol. The zero-order valence-corrected chi connectivity index (χ0v) is 11.3. The summed E-state index contributed by atoms with van der Waals surface area (Å²) in [6.45, 7) is 0.747. The molecule has 0 spiro atoms. The Kier molecular flexibility index (Phi) is 3.85. The molecule has 0 bridgehead atoms. The van der Waals surface area contributed by atoms with Crippen LogP contribution in [0.3, 0.4) is 0 Å². The van der Waals surface area contributed by atoms with Crippen LogP contribution < -0.4 is 10.2 Å². The van der Waals surface area contributed by atoms with Crippen LogP contribution in [0.2, 0.25) is 0 Å². The number of hydrogen-bond acceptors (Lipinski definition) is 4. The largest absolute Gasteiger partial charge is 0.378 e. The molecular formula is C14H15N3S. The van der Waals surface area contributed by atoms with Crippen molar-refractivity contribution in [1.82, 2.24) is 0 Å². The zero-order chi connectivity index (χ0) is 13.0. The van der Waals surface area contributed by atoms with Gasteiger partial charge in [0.2, 0.25) is 0 Å². The van der Waals surface area contributed by atoms with Crippen LogP contribution in [0.1, 0.15) is 10.4 Å². The Labute approximate surface area is 111 Å². The SMILES string of the molecule is CN(C)c1ccccc1NCc1cc(C#N)cs1. The van der Waals surface area contributed by atoms with Gasteiger partial charge in [-0.2, -0.15) is 5.26 Å². The molecule has 0 saturated heterocycles. The highest BCUT2D eigenvalue weighted by atomic mass is 32.1. The van der Waals surface area contributed by atoms with Crippen molar-refractivity contribution < 1.29 is 0 Å². The maximum Gasteiger partial charge on any atom is 0.100 e. The molecule has 3 nitrogen and oxygen atoms in total. The molecule has 2 aromatic rings. The lowest BCUT2D eigenvalue weighted by molar-refractivity contribution is 1.11. The predicted octanol–water partition coefficient (Wildman–Crippen LogP) is 3.30. The van der Waals surface area contributed by atoms with E-state index in [0.29, 0.717) is 0 Å². The molecule has 1 aromatic heterocycles. The van der Waals surface area contributed by atoms with Crippen LogP contribution >= 0.6 is 11.3 Å². The van der Waals surface area contributed by atoms with Gasteiger partial charge in [0.05, 0.1) is 16.9 Å². The third-order valence-corrected chi connectivity index (χ3v) is 3.56. The molecule has 2 rings (SSSR count). The minimum absolute atomic E-state index is 0.734. The highest BCUT2D eigenvalue weighted by Crippen LogP contribution is 2.24. The highest BCUT2D eigenvalue weighted by Gasteiger charge is 2.04. The zero-order valence-electron chi connectivity index (χ0n) is 10.5. The molecule has 92 valence electrons. The lowest BCUT2D eigenvalue weighted by Crippen LogP contribution is -2.11. The Hall–Kier alpha value is -1.99. The summed E-state index contributed by atoms with van der Waals surface area (Å²) in [7, 11) is 4.05. The summed E-state index contributed by atoms with van der Waals surface area (Å²) in [5.74, 6) is 0. The van der Waals surface area contributed by atoms with E-state index in [1.54, 1.807) is 11.3 Å². The minimum atomic E-state index is 0.734. The number of para-hydroxylation sites is 2. The molecule has 1 N–H and O–H groups in total. The van der Waals surface area contributed by atoms with E-state index < -0.39 is 0 Å². The number of hydrogen-bond donors (Lipinski definition) is 1. The van der Waals surface area contributed by atoms with Crippen molar-refractivity contribution in [2.45, 2.75) is 6.54 Å². The molecule has 1 heterocycles. The molecule has 0 aliphatic rings. The third kappa shape index (κ3) is 2.82. The summed E-state index contributed by atoms with van der Waals surface area (Å²) < 4.78 is 0. The molecule has 4 heteroatoms. The fraction of sp³-hybridized carbons (Fsp3) is 0.214. The molecule has 0 aliphatic carbocycles. The van der Waals surface area contributed by atoms with Gasteiger partial charge in [-0.3, -0.25) is 0 Å². The Bertz CT molecular complexity index is 566. The van der Waals surface area contributed by atoms with Crippen LogP contribution in [0, 0.1) is 11.3 Å². The molecule has 0 unspecified atom stereocenters. The van der Waals surface area contributed by atoms with Gasteiger partial charge in [-0.15, -0.1) is 11.3 Å². The van der Waals surface area contributed by atoms with Crippen molar-refractivity contribution in [3.05, 3.63) is 46.2 Å². The molecule has 18 heavy (non-hydrogen) atoms. The van der Waals surface area contributed by atoms with Crippen LogP contribution in [0.15, 0.2) is 35.7 Å². The number of thiophene rings is 1. The maximum atomic E-state index is 8.78. The lowest BCUT2D eigenvalue weighted by Gasteiger charge is -2.18. The minimum Gasteiger partial charge on any atom is -0.378 e. The summed E-state index contributed by atoms with van der Waals surface area (Å²) in [4.78, 5) is 3.25. The van der Waals surface area contributed by atoms with Crippen LogP contribution in [0.4, 0.5) is 11.4 Å². The van der Waals surface area contributed by atoms with Crippen molar-refractivity contribution in [2.24, 2.45) is 0 Å². The van der Waals surface area contributed by atoms with Crippen LogP contribution in [-0.4, -0.2) is 14.1 Å². The topological polar surface area (TPSA) is 39.1 Å². The molecule has 0 radical (unpaired) electrons. The Morgan fingerprint density at radius 3 is 2.78 bits per heavy atom. The Morgan fingerprint density at radius 1 is 1.33 bits per heavy atom. The van der Waals surface area contributed by atoms with Gasteiger partial charge in [0.25, 0.3) is 0 Å². The maximum absolute atomic E-state index is 8.78. The van der Waals surface area contributed by atoms with E-state index in [4.69, 9.17) is 5.26 Å². The number of rotatable bonds is 4. The van der Waals surface area contributed by atoms with Gasteiger partial charge < -0.3 is 10.2 Å². The van der Waals surface area contributed by atoms with Gasteiger partial charge in [-0.1, -0.05) is 12.1 Å². The summed E-state index contributed by atoms with van der Waals surface area (Å²) in [6.07, 6.45) is 0.